The standard InChI is InChI=1S/C15H18N4O/c16-13-3-1-12(2-4-13)15(5-6-15)14(20)18-8-10-19-9-7-17-11-19/h1-4,7,9,11H,5-6,8,10,16H2,(H,18,20). The normalized spacial score (nSPS) is 15.8. The first-order chi connectivity index (χ1) is 9.71. The van der Waals surface area contributed by atoms with Crippen LogP contribution in [0.1, 0.15) is 18.4 Å². The number of nitrogens with zero attached hydrogens (tertiary/aromatic N) is 2. The van der Waals surface area contributed by atoms with Crippen molar-refractivity contribution >= 4 is 11.6 Å². The second kappa shape index (κ2) is 5.00. The van der Waals surface area contributed by atoms with Gasteiger partial charge in [0.15, 0.2) is 0 Å². The van der Waals surface area contributed by atoms with Gasteiger partial charge in [0.05, 0.1) is 11.7 Å². The maximum atomic E-state index is 12.4. The largest absolute Gasteiger partial charge is 0.399 e. The Bertz CT molecular complexity index is 585. The Morgan fingerprint density at radius 3 is 2.70 bits per heavy atom. The highest BCUT2D eigenvalue weighted by molar-refractivity contribution is 5.91. The van der Waals surface area contributed by atoms with Gasteiger partial charge in [0.2, 0.25) is 5.91 Å². The first kappa shape index (κ1) is 12.7. The summed E-state index contributed by atoms with van der Waals surface area (Å²) in [5.74, 6) is 0.113. The summed E-state index contributed by atoms with van der Waals surface area (Å²) in [4.78, 5) is 16.3. The van der Waals surface area contributed by atoms with Crippen molar-refractivity contribution in [3.63, 3.8) is 0 Å². The molecule has 5 heteroatoms. The number of carbonyl (C=O) groups is 1. The van der Waals surface area contributed by atoms with Gasteiger partial charge in [-0.15, -0.1) is 0 Å². The molecule has 1 aromatic heterocycles. The van der Waals surface area contributed by atoms with Crippen LogP contribution >= 0.6 is 0 Å². The van der Waals surface area contributed by atoms with Crippen LogP contribution in [0.25, 0.3) is 0 Å². The van der Waals surface area contributed by atoms with Crippen LogP contribution < -0.4 is 11.1 Å². The fourth-order valence-corrected chi connectivity index (χ4v) is 2.46. The van der Waals surface area contributed by atoms with E-state index < -0.39 is 0 Å². The minimum Gasteiger partial charge on any atom is -0.399 e. The van der Waals surface area contributed by atoms with E-state index in [4.69, 9.17) is 5.73 Å². The monoisotopic (exact) mass is 270 g/mol. The number of nitrogens with two attached hydrogens (primary N) is 1. The SMILES string of the molecule is Nc1ccc(C2(C(=O)NCCn3ccnc3)CC2)cc1. The molecule has 0 unspecified atom stereocenters. The van der Waals surface area contributed by atoms with E-state index in [-0.39, 0.29) is 11.3 Å². The van der Waals surface area contributed by atoms with Gasteiger partial charge in [0.25, 0.3) is 0 Å². The molecule has 0 spiro atoms. The molecule has 5 nitrogen and oxygen atoms in total. The van der Waals surface area contributed by atoms with Crippen LogP contribution in [0.15, 0.2) is 43.0 Å². The Hall–Kier alpha value is -2.30. The third kappa shape index (κ3) is 2.39. The number of nitrogen functional groups attached to an aromatic ring is 1. The lowest BCUT2D eigenvalue weighted by Crippen LogP contribution is -2.36. The Labute approximate surface area is 117 Å². The fourth-order valence-electron chi connectivity index (χ4n) is 2.46. The molecule has 1 aliphatic carbocycles. The van der Waals surface area contributed by atoms with Gasteiger partial charge in [-0.25, -0.2) is 4.98 Å². The van der Waals surface area contributed by atoms with E-state index >= 15 is 0 Å². The Morgan fingerprint density at radius 1 is 1.35 bits per heavy atom. The van der Waals surface area contributed by atoms with Gasteiger partial charge in [0, 0.05) is 31.2 Å². The van der Waals surface area contributed by atoms with E-state index in [1.807, 2.05) is 35.0 Å². The topological polar surface area (TPSA) is 72.9 Å². The van der Waals surface area contributed by atoms with E-state index in [0.717, 1.165) is 30.6 Å². The highest BCUT2D eigenvalue weighted by Gasteiger charge is 2.50. The van der Waals surface area contributed by atoms with Crippen molar-refractivity contribution in [2.45, 2.75) is 24.8 Å². The lowest BCUT2D eigenvalue weighted by molar-refractivity contribution is -0.123. The minimum absolute atomic E-state index is 0.113. The molecule has 3 rings (SSSR count). The summed E-state index contributed by atoms with van der Waals surface area (Å²) >= 11 is 0. The molecule has 104 valence electrons. The van der Waals surface area contributed by atoms with Crippen molar-refractivity contribution in [3.05, 3.63) is 48.5 Å². The predicted molar refractivity (Wildman–Crippen MR) is 77.0 cm³/mol. The summed E-state index contributed by atoms with van der Waals surface area (Å²) in [6, 6.07) is 7.62. The van der Waals surface area contributed by atoms with Crippen LogP contribution in [0.2, 0.25) is 0 Å². The Kier molecular flexibility index (Phi) is 3.18. The number of imidazole rings is 1. The van der Waals surface area contributed by atoms with Crippen LogP contribution in [0, 0.1) is 0 Å². The van der Waals surface area contributed by atoms with Crippen LogP contribution in [0.3, 0.4) is 0 Å². The predicted octanol–water partition coefficient (Wildman–Crippen LogP) is 1.31. The summed E-state index contributed by atoms with van der Waals surface area (Å²) in [5, 5.41) is 3.02. The highest BCUT2D eigenvalue weighted by Crippen LogP contribution is 2.48. The average molecular weight is 270 g/mol. The second-order valence-electron chi connectivity index (χ2n) is 5.26. The number of hydrogen-bond acceptors (Lipinski definition) is 3. The third-order valence-electron chi connectivity index (χ3n) is 3.86. The number of hydrogen-bond donors (Lipinski definition) is 2. The smallest absolute Gasteiger partial charge is 0.230 e. The molecule has 0 saturated heterocycles. The maximum Gasteiger partial charge on any atom is 0.230 e. The molecule has 0 bridgehead atoms. The van der Waals surface area contributed by atoms with Crippen molar-refractivity contribution in [1.82, 2.24) is 14.9 Å². The van der Waals surface area contributed by atoms with Gasteiger partial charge in [-0.1, -0.05) is 12.1 Å². The average Bonchev–Trinajstić information content (AvgIpc) is 3.10. The van der Waals surface area contributed by atoms with Gasteiger partial charge in [-0.3, -0.25) is 4.79 Å². The minimum atomic E-state index is -0.331. The molecule has 0 aliphatic heterocycles. The molecule has 20 heavy (non-hydrogen) atoms. The summed E-state index contributed by atoms with van der Waals surface area (Å²) < 4.78 is 1.95. The molecule has 0 radical (unpaired) electrons. The zero-order chi connectivity index (χ0) is 14.0. The van der Waals surface area contributed by atoms with Crippen molar-refractivity contribution in [2.24, 2.45) is 0 Å². The molecule has 1 aromatic carbocycles. The fraction of sp³-hybridized carbons (Fsp3) is 0.333. The molecular formula is C15H18N4O. The molecule has 1 aliphatic rings. The molecule has 1 amide bonds. The quantitative estimate of drug-likeness (QED) is 0.805. The van der Waals surface area contributed by atoms with E-state index in [9.17, 15) is 4.79 Å². The van der Waals surface area contributed by atoms with Crippen LogP contribution in [-0.4, -0.2) is 22.0 Å². The second-order valence-corrected chi connectivity index (χ2v) is 5.26. The van der Waals surface area contributed by atoms with Crippen LogP contribution in [-0.2, 0) is 16.8 Å². The van der Waals surface area contributed by atoms with Crippen LogP contribution in [0.4, 0.5) is 5.69 Å². The van der Waals surface area contributed by atoms with Crippen molar-refractivity contribution in [1.29, 1.82) is 0 Å². The summed E-state index contributed by atoms with van der Waals surface area (Å²) in [5.41, 5.74) is 7.15. The Morgan fingerprint density at radius 2 is 2.10 bits per heavy atom. The van der Waals surface area contributed by atoms with E-state index in [0.29, 0.717) is 6.54 Å². The number of anilines is 1. The molecule has 3 N–H and O–H groups in total. The lowest BCUT2D eigenvalue weighted by atomic mass is 9.95. The van der Waals surface area contributed by atoms with E-state index in [1.165, 1.54) is 0 Å². The van der Waals surface area contributed by atoms with Gasteiger partial charge in [-0.2, -0.15) is 0 Å². The number of amides is 1. The molecule has 2 aromatic rings. The number of rotatable bonds is 5. The molecule has 1 heterocycles. The van der Waals surface area contributed by atoms with Crippen molar-refractivity contribution in [2.75, 3.05) is 12.3 Å². The van der Waals surface area contributed by atoms with E-state index in [2.05, 4.69) is 10.3 Å². The number of carbonyl (C=O) groups excluding carboxylic acids is 1. The first-order valence-electron chi connectivity index (χ1n) is 6.81. The zero-order valence-corrected chi connectivity index (χ0v) is 11.2. The van der Waals surface area contributed by atoms with Crippen molar-refractivity contribution in [3.8, 4) is 0 Å². The van der Waals surface area contributed by atoms with Gasteiger partial charge < -0.3 is 15.6 Å². The molecular weight excluding hydrogens is 252 g/mol. The van der Waals surface area contributed by atoms with Crippen molar-refractivity contribution < 1.29 is 4.79 Å². The summed E-state index contributed by atoms with van der Waals surface area (Å²) in [6.45, 7) is 1.36. The van der Waals surface area contributed by atoms with Gasteiger partial charge in [-0.05, 0) is 30.5 Å². The highest BCUT2D eigenvalue weighted by atomic mass is 16.2. The van der Waals surface area contributed by atoms with Crippen LogP contribution in [0.5, 0.6) is 0 Å². The van der Waals surface area contributed by atoms with E-state index in [1.54, 1.807) is 12.5 Å². The third-order valence-corrected chi connectivity index (χ3v) is 3.86. The van der Waals surface area contributed by atoms with Gasteiger partial charge >= 0.3 is 0 Å². The zero-order valence-electron chi connectivity index (χ0n) is 11.2. The molecule has 1 saturated carbocycles. The van der Waals surface area contributed by atoms with Gasteiger partial charge in [0.1, 0.15) is 0 Å². The number of aromatic nitrogens is 2. The summed E-state index contributed by atoms with van der Waals surface area (Å²) in [7, 11) is 0. The lowest BCUT2D eigenvalue weighted by Gasteiger charge is -2.16. The summed E-state index contributed by atoms with van der Waals surface area (Å²) in [6.07, 6.45) is 7.19. The Balaban J connectivity index is 1.60. The first-order valence-corrected chi connectivity index (χ1v) is 6.81. The number of nitrogens with one attached hydrogen (secondary N) is 1. The maximum absolute atomic E-state index is 12.4. The number of benzene rings is 1. The molecule has 1 fully saturated rings. The molecule has 0 atom stereocenters.